The minimum atomic E-state index is -0.381. The Morgan fingerprint density at radius 2 is 2.07 bits per heavy atom. The predicted molar refractivity (Wildman–Crippen MR) is 54.9 cm³/mol. The van der Waals surface area contributed by atoms with Gasteiger partial charge in [-0.1, -0.05) is 30.3 Å². The summed E-state index contributed by atoms with van der Waals surface area (Å²) in [6, 6.07) is 9.81. The molecule has 2 nitrogen and oxygen atoms in total. The zero-order chi connectivity index (χ0) is 9.97. The number of hydrogen-bond donors (Lipinski definition) is 1. The minimum Gasteiger partial charge on any atom is -0.388 e. The molecule has 1 aliphatic heterocycles. The minimum absolute atomic E-state index is 0.171. The molecule has 0 spiro atoms. The summed E-state index contributed by atoms with van der Waals surface area (Å²) >= 11 is 0. The van der Waals surface area contributed by atoms with E-state index in [1.165, 1.54) is 0 Å². The molecular weight excluding hydrogens is 176 g/mol. The van der Waals surface area contributed by atoms with Gasteiger partial charge in [0, 0.05) is 12.5 Å². The molecule has 14 heavy (non-hydrogen) atoms. The smallest absolute Gasteiger partial charge is 0.0843 e. The van der Waals surface area contributed by atoms with E-state index in [4.69, 9.17) is 4.74 Å². The number of rotatable bonds is 2. The highest BCUT2D eigenvalue weighted by atomic mass is 16.5. The van der Waals surface area contributed by atoms with Crippen molar-refractivity contribution in [1.82, 2.24) is 0 Å². The molecule has 0 amide bonds. The van der Waals surface area contributed by atoms with Crippen LogP contribution in [-0.2, 0) is 4.74 Å². The van der Waals surface area contributed by atoms with Crippen molar-refractivity contribution >= 4 is 0 Å². The molecule has 1 N–H and O–H groups in total. The largest absolute Gasteiger partial charge is 0.388 e. The van der Waals surface area contributed by atoms with Gasteiger partial charge in [0.15, 0.2) is 0 Å². The van der Waals surface area contributed by atoms with Crippen molar-refractivity contribution < 1.29 is 9.84 Å². The highest BCUT2D eigenvalue weighted by Gasteiger charge is 2.31. The molecule has 2 heteroatoms. The van der Waals surface area contributed by atoms with Crippen molar-refractivity contribution in [3.63, 3.8) is 0 Å². The summed E-state index contributed by atoms with van der Waals surface area (Å²) in [6.07, 6.45) is 0.746. The Hall–Kier alpha value is -0.860. The molecule has 1 aromatic rings. The first-order valence-corrected chi connectivity index (χ1v) is 5.13. The standard InChI is InChI=1S/C12H16O2/c1-9-11(7-8-14-9)12(13)10-5-3-2-4-6-10/h2-6,9,11-13H,7-8H2,1H3. The van der Waals surface area contributed by atoms with E-state index < -0.39 is 0 Å². The van der Waals surface area contributed by atoms with Crippen LogP contribution in [0, 0.1) is 5.92 Å². The molecule has 0 bridgehead atoms. The summed E-state index contributed by atoms with van der Waals surface area (Å²) in [5, 5.41) is 10.1. The Kier molecular flexibility index (Phi) is 2.85. The van der Waals surface area contributed by atoms with Gasteiger partial charge >= 0.3 is 0 Å². The topological polar surface area (TPSA) is 29.5 Å². The van der Waals surface area contributed by atoms with Gasteiger partial charge in [-0.05, 0) is 18.9 Å². The van der Waals surface area contributed by atoms with Crippen molar-refractivity contribution in [1.29, 1.82) is 0 Å². The quantitative estimate of drug-likeness (QED) is 0.778. The van der Waals surface area contributed by atoms with Crippen LogP contribution < -0.4 is 0 Å². The molecule has 1 aromatic carbocycles. The lowest BCUT2D eigenvalue weighted by Gasteiger charge is -2.20. The molecule has 1 fully saturated rings. The molecule has 3 unspecified atom stereocenters. The second-order valence-corrected chi connectivity index (χ2v) is 3.88. The van der Waals surface area contributed by atoms with Crippen LogP contribution in [0.2, 0.25) is 0 Å². The maximum Gasteiger partial charge on any atom is 0.0843 e. The first kappa shape index (κ1) is 9.69. The molecule has 3 atom stereocenters. The van der Waals surface area contributed by atoms with Crippen molar-refractivity contribution in [3.05, 3.63) is 35.9 Å². The van der Waals surface area contributed by atoms with Gasteiger partial charge in [0.05, 0.1) is 12.2 Å². The lowest BCUT2D eigenvalue weighted by Crippen LogP contribution is -2.19. The van der Waals surface area contributed by atoms with Gasteiger partial charge in [-0.3, -0.25) is 0 Å². The van der Waals surface area contributed by atoms with E-state index in [0.717, 1.165) is 18.6 Å². The van der Waals surface area contributed by atoms with Crippen LogP contribution in [0.15, 0.2) is 30.3 Å². The maximum atomic E-state index is 10.1. The molecule has 1 aliphatic rings. The monoisotopic (exact) mass is 192 g/mol. The molecule has 0 radical (unpaired) electrons. The van der Waals surface area contributed by atoms with Crippen molar-refractivity contribution in [3.8, 4) is 0 Å². The van der Waals surface area contributed by atoms with Gasteiger partial charge in [-0.25, -0.2) is 0 Å². The maximum absolute atomic E-state index is 10.1. The highest BCUT2D eigenvalue weighted by molar-refractivity contribution is 5.18. The van der Waals surface area contributed by atoms with E-state index in [1.807, 2.05) is 37.3 Å². The van der Waals surface area contributed by atoms with Crippen LogP contribution in [0.1, 0.15) is 25.0 Å². The molecular formula is C12H16O2. The summed E-state index contributed by atoms with van der Waals surface area (Å²) in [7, 11) is 0. The summed E-state index contributed by atoms with van der Waals surface area (Å²) in [5.74, 6) is 0.248. The van der Waals surface area contributed by atoms with E-state index in [-0.39, 0.29) is 18.1 Å². The van der Waals surface area contributed by atoms with Crippen LogP contribution in [-0.4, -0.2) is 17.8 Å². The summed E-state index contributed by atoms with van der Waals surface area (Å²) < 4.78 is 5.45. The Balaban J connectivity index is 2.12. The Labute approximate surface area is 84.5 Å². The number of aliphatic hydroxyl groups excluding tert-OH is 1. The van der Waals surface area contributed by atoms with E-state index in [0.29, 0.717) is 0 Å². The Bertz CT molecular complexity index is 284. The molecule has 0 aliphatic carbocycles. The third kappa shape index (κ3) is 1.81. The highest BCUT2D eigenvalue weighted by Crippen LogP contribution is 2.32. The summed E-state index contributed by atoms with van der Waals surface area (Å²) in [6.45, 7) is 2.81. The fraction of sp³-hybridized carbons (Fsp3) is 0.500. The Morgan fingerprint density at radius 3 is 2.64 bits per heavy atom. The molecule has 1 saturated heterocycles. The predicted octanol–water partition coefficient (Wildman–Crippen LogP) is 2.15. The zero-order valence-electron chi connectivity index (χ0n) is 8.39. The second kappa shape index (κ2) is 4.11. The number of aliphatic hydroxyl groups is 1. The first-order chi connectivity index (χ1) is 6.79. The van der Waals surface area contributed by atoms with Crippen LogP contribution in [0.25, 0.3) is 0 Å². The van der Waals surface area contributed by atoms with Gasteiger partial charge < -0.3 is 9.84 Å². The number of hydrogen-bond acceptors (Lipinski definition) is 2. The van der Waals surface area contributed by atoms with Gasteiger partial charge in [0.2, 0.25) is 0 Å². The third-order valence-corrected chi connectivity index (χ3v) is 2.98. The SMILES string of the molecule is CC1OCCC1C(O)c1ccccc1. The molecule has 1 heterocycles. The number of ether oxygens (including phenoxy) is 1. The summed E-state index contributed by atoms with van der Waals surface area (Å²) in [5.41, 5.74) is 0.995. The Morgan fingerprint density at radius 1 is 1.36 bits per heavy atom. The van der Waals surface area contributed by atoms with E-state index in [1.54, 1.807) is 0 Å². The molecule has 2 rings (SSSR count). The van der Waals surface area contributed by atoms with Crippen LogP contribution >= 0.6 is 0 Å². The van der Waals surface area contributed by atoms with Gasteiger partial charge in [-0.2, -0.15) is 0 Å². The van der Waals surface area contributed by atoms with Gasteiger partial charge in [0.1, 0.15) is 0 Å². The molecule has 0 saturated carbocycles. The first-order valence-electron chi connectivity index (χ1n) is 5.13. The van der Waals surface area contributed by atoms with Crippen molar-refractivity contribution in [2.45, 2.75) is 25.6 Å². The zero-order valence-corrected chi connectivity index (χ0v) is 8.39. The van der Waals surface area contributed by atoms with E-state index >= 15 is 0 Å². The fourth-order valence-corrected chi connectivity index (χ4v) is 2.06. The van der Waals surface area contributed by atoms with Gasteiger partial charge in [-0.15, -0.1) is 0 Å². The fourth-order valence-electron chi connectivity index (χ4n) is 2.06. The van der Waals surface area contributed by atoms with Gasteiger partial charge in [0.25, 0.3) is 0 Å². The van der Waals surface area contributed by atoms with Crippen LogP contribution in [0.5, 0.6) is 0 Å². The second-order valence-electron chi connectivity index (χ2n) is 3.88. The lowest BCUT2D eigenvalue weighted by atomic mass is 9.91. The normalized spacial score (nSPS) is 29.0. The van der Waals surface area contributed by atoms with E-state index in [9.17, 15) is 5.11 Å². The lowest BCUT2D eigenvalue weighted by molar-refractivity contribution is 0.0431. The van der Waals surface area contributed by atoms with Crippen molar-refractivity contribution in [2.24, 2.45) is 5.92 Å². The average molecular weight is 192 g/mol. The summed E-state index contributed by atoms with van der Waals surface area (Å²) in [4.78, 5) is 0. The number of benzene rings is 1. The molecule has 76 valence electrons. The van der Waals surface area contributed by atoms with E-state index in [2.05, 4.69) is 0 Å². The van der Waals surface area contributed by atoms with Crippen LogP contribution in [0.4, 0.5) is 0 Å². The average Bonchev–Trinajstić information content (AvgIpc) is 2.65. The van der Waals surface area contributed by atoms with Crippen molar-refractivity contribution in [2.75, 3.05) is 6.61 Å². The van der Waals surface area contributed by atoms with Crippen LogP contribution in [0.3, 0.4) is 0 Å². The molecule has 0 aromatic heterocycles. The third-order valence-electron chi connectivity index (χ3n) is 2.98.